The first-order valence-corrected chi connectivity index (χ1v) is 12.4. The molecule has 1 aliphatic heterocycles. The van der Waals surface area contributed by atoms with Crippen LogP contribution >= 0.6 is 0 Å². The van der Waals surface area contributed by atoms with E-state index < -0.39 is 46.9 Å². The number of hydrogen-bond donors (Lipinski definition) is 6. The summed E-state index contributed by atoms with van der Waals surface area (Å²) in [6.45, 7) is 17.2. The van der Waals surface area contributed by atoms with Crippen LogP contribution in [-0.2, 0) is 14.4 Å². The monoisotopic (exact) mass is 497 g/mol. The van der Waals surface area contributed by atoms with E-state index in [9.17, 15) is 24.3 Å². The fraction of sp³-hybridized carbons (Fsp3) is 0.840. The quantitative estimate of drug-likeness (QED) is 0.285. The molecule has 1 heterocycles. The number of hydrogen-bond acceptors (Lipinski definition) is 5. The minimum atomic E-state index is -0.893. The molecule has 10 nitrogen and oxygen atoms in total. The molecule has 0 aliphatic carbocycles. The molecule has 0 aromatic heterocycles. The van der Waals surface area contributed by atoms with Crippen molar-refractivity contribution in [3.63, 3.8) is 0 Å². The molecule has 1 fully saturated rings. The lowest BCUT2D eigenvalue weighted by molar-refractivity contribution is -0.132. The minimum Gasteiger partial charge on any atom is -0.394 e. The molecule has 1 rings (SSSR count). The largest absolute Gasteiger partial charge is 0.394 e. The van der Waals surface area contributed by atoms with Crippen molar-refractivity contribution in [2.75, 3.05) is 13.2 Å². The topological polar surface area (TPSA) is 149 Å². The second kappa shape index (κ2) is 12.1. The number of nitrogens with one attached hydrogen (secondary N) is 5. The van der Waals surface area contributed by atoms with E-state index in [1.54, 1.807) is 0 Å². The van der Waals surface area contributed by atoms with Gasteiger partial charge in [-0.1, -0.05) is 41.5 Å². The average molecular weight is 498 g/mol. The molecule has 0 aromatic rings. The number of rotatable bonds is 9. The number of carbonyl (C=O) groups excluding carboxylic acids is 4. The Balaban J connectivity index is 3.01. The van der Waals surface area contributed by atoms with Crippen LogP contribution in [0.3, 0.4) is 0 Å². The summed E-state index contributed by atoms with van der Waals surface area (Å²) in [6, 6.07) is -2.85. The van der Waals surface area contributed by atoms with Crippen LogP contribution in [0.4, 0.5) is 4.79 Å². The molecule has 202 valence electrons. The van der Waals surface area contributed by atoms with Crippen molar-refractivity contribution in [1.29, 1.82) is 0 Å². The maximum atomic E-state index is 13.3. The lowest BCUT2D eigenvalue weighted by Crippen LogP contribution is -2.61. The van der Waals surface area contributed by atoms with Gasteiger partial charge in [0, 0.05) is 18.0 Å². The van der Waals surface area contributed by atoms with Crippen molar-refractivity contribution in [1.82, 2.24) is 26.6 Å². The van der Waals surface area contributed by atoms with E-state index in [0.29, 0.717) is 25.8 Å². The van der Waals surface area contributed by atoms with E-state index in [2.05, 4.69) is 26.6 Å². The van der Waals surface area contributed by atoms with E-state index >= 15 is 0 Å². The molecule has 0 saturated carbocycles. The van der Waals surface area contributed by atoms with Gasteiger partial charge in [0.25, 0.3) is 0 Å². The standard InChI is InChI=1S/C25H47N5O5/c1-23(2,3)13-17(20(33)27-16(14-31)12-15-10-11-26-19(15)32)28-21(34)18(24(4,5)6)29-22(35)30-25(7,8)9/h15-18,31H,10-14H2,1-9H3,(H,26,32)(H,27,33)(H,28,34)(H2,29,30,35)/t15-,16-,17-,18+/m0/s1. The van der Waals surface area contributed by atoms with Crippen LogP contribution in [0.5, 0.6) is 0 Å². The minimum absolute atomic E-state index is 0.0788. The number of aliphatic hydroxyl groups excluding tert-OH is 1. The zero-order valence-electron chi connectivity index (χ0n) is 22.9. The first kappa shape index (κ1) is 30.7. The number of urea groups is 1. The van der Waals surface area contributed by atoms with Crippen molar-refractivity contribution in [2.45, 2.75) is 105 Å². The Morgan fingerprint density at radius 2 is 1.57 bits per heavy atom. The number of carbonyl (C=O) groups is 4. The van der Waals surface area contributed by atoms with Crippen molar-refractivity contribution < 1.29 is 24.3 Å². The van der Waals surface area contributed by atoms with Gasteiger partial charge in [-0.15, -0.1) is 0 Å². The molecule has 0 radical (unpaired) electrons. The van der Waals surface area contributed by atoms with Gasteiger partial charge in [0.2, 0.25) is 17.7 Å². The van der Waals surface area contributed by atoms with Crippen LogP contribution < -0.4 is 26.6 Å². The van der Waals surface area contributed by atoms with Gasteiger partial charge in [-0.2, -0.15) is 0 Å². The Bertz CT molecular complexity index is 764. The van der Waals surface area contributed by atoms with Gasteiger partial charge in [-0.3, -0.25) is 14.4 Å². The van der Waals surface area contributed by atoms with Crippen LogP contribution in [0.2, 0.25) is 0 Å². The van der Waals surface area contributed by atoms with Gasteiger partial charge >= 0.3 is 6.03 Å². The molecule has 4 atom stereocenters. The molecule has 1 aliphatic rings. The first-order valence-electron chi connectivity index (χ1n) is 12.4. The van der Waals surface area contributed by atoms with E-state index in [-0.39, 0.29) is 23.8 Å². The van der Waals surface area contributed by atoms with Gasteiger partial charge in [-0.05, 0) is 50.9 Å². The number of aliphatic hydroxyl groups is 1. The highest BCUT2D eigenvalue weighted by Gasteiger charge is 2.37. The maximum absolute atomic E-state index is 13.3. The Kier molecular flexibility index (Phi) is 10.6. The molecule has 6 N–H and O–H groups in total. The van der Waals surface area contributed by atoms with Crippen LogP contribution in [0.1, 0.15) is 81.6 Å². The first-order chi connectivity index (χ1) is 15.8. The van der Waals surface area contributed by atoms with Gasteiger partial charge in [-0.25, -0.2) is 4.79 Å². The molecular formula is C25H47N5O5. The SMILES string of the molecule is CC(C)(C)C[C@H](NC(=O)[C@@H](NC(=O)NC(C)(C)C)C(C)(C)C)C(=O)N[C@H](CO)C[C@@H]1CCNC1=O. The van der Waals surface area contributed by atoms with Gasteiger partial charge < -0.3 is 31.7 Å². The number of amides is 5. The zero-order valence-corrected chi connectivity index (χ0v) is 22.9. The summed E-state index contributed by atoms with van der Waals surface area (Å²) in [4.78, 5) is 51.0. The highest BCUT2D eigenvalue weighted by atomic mass is 16.3. The molecule has 0 bridgehead atoms. The molecular weight excluding hydrogens is 450 g/mol. The molecule has 5 amide bonds. The molecule has 0 aromatic carbocycles. The van der Waals surface area contributed by atoms with Crippen LogP contribution in [0, 0.1) is 16.7 Å². The second-order valence-corrected chi connectivity index (χ2v) is 12.9. The third kappa shape index (κ3) is 11.3. The third-order valence-electron chi connectivity index (χ3n) is 5.64. The van der Waals surface area contributed by atoms with Crippen molar-refractivity contribution in [2.24, 2.45) is 16.7 Å². The molecule has 1 saturated heterocycles. The maximum Gasteiger partial charge on any atom is 0.315 e. The van der Waals surface area contributed by atoms with Gasteiger partial charge in [0.05, 0.1) is 12.6 Å². The van der Waals surface area contributed by atoms with Crippen LogP contribution in [0.15, 0.2) is 0 Å². The predicted molar refractivity (Wildman–Crippen MR) is 135 cm³/mol. The molecule has 35 heavy (non-hydrogen) atoms. The summed E-state index contributed by atoms with van der Waals surface area (Å²) in [5, 5.41) is 23.7. The van der Waals surface area contributed by atoms with E-state index in [4.69, 9.17) is 0 Å². The van der Waals surface area contributed by atoms with Gasteiger partial charge in [0.1, 0.15) is 12.1 Å². The zero-order chi connectivity index (χ0) is 27.2. The van der Waals surface area contributed by atoms with Crippen LogP contribution in [-0.4, -0.2) is 65.7 Å². The summed E-state index contributed by atoms with van der Waals surface area (Å²) in [7, 11) is 0. The average Bonchev–Trinajstić information content (AvgIpc) is 3.06. The molecule has 0 unspecified atom stereocenters. The summed E-state index contributed by atoms with van der Waals surface area (Å²) in [5.74, 6) is -1.25. The van der Waals surface area contributed by atoms with E-state index in [1.165, 1.54) is 0 Å². The summed E-state index contributed by atoms with van der Waals surface area (Å²) >= 11 is 0. The normalized spacial score (nSPS) is 19.3. The summed E-state index contributed by atoms with van der Waals surface area (Å²) in [6.07, 6.45) is 1.32. The smallest absolute Gasteiger partial charge is 0.315 e. The highest BCUT2D eigenvalue weighted by molar-refractivity contribution is 5.92. The lowest BCUT2D eigenvalue weighted by atomic mass is 9.84. The second-order valence-electron chi connectivity index (χ2n) is 12.9. The van der Waals surface area contributed by atoms with Gasteiger partial charge in [0.15, 0.2) is 0 Å². The Labute approximate surface area is 210 Å². The van der Waals surface area contributed by atoms with Crippen molar-refractivity contribution in [3.05, 3.63) is 0 Å². The third-order valence-corrected chi connectivity index (χ3v) is 5.64. The van der Waals surface area contributed by atoms with Crippen molar-refractivity contribution in [3.8, 4) is 0 Å². The van der Waals surface area contributed by atoms with Crippen LogP contribution in [0.25, 0.3) is 0 Å². The summed E-state index contributed by atoms with van der Waals surface area (Å²) < 4.78 is 0. The predicted octanol–water partition coefficient (Wildman–Crippen LogP) is 1.42. The Morgan fingerprint density at radius 1 is 0.971 bits per heavy atom. The van der Waals surface area contributed by atoms with E-state index in [0.717, 1.165) is 0 Å². The van der Waals surface area contributed by atoms with Crippen molar-refractivity contribution >= 4 is 23.8 Å². The Morgan fingerprint density at radius 3 is 2.00 bits per heavy atom. The lowest BCUT2D eigenvalue weighted by Gasteiger charge is -2.34. The molecule has 0 spiro atoms. The molecule has 10 heteroatoms. The van der Waals surface area contributed by atoms with E-state index in [1.807, 2.05) is 62.3 Å². The summed E-state index contributed by atoms with van der Waals surface area (Å²) in [5.41, 5.74) is -1.39. The fourth-order valence-corrected chi connectivity index (χ4v) is 3.95. The Hall–Kier alpha value is -2.36. The fourth-order valence-electron chi connectivity index (χ4n) is 3.95. The highest BCUT2D eigenvalue weighted by Crippen LogP contribution is 2.24.